The van der Waals surface area contributed by atoms with Crippen LogP contribution in [0.1, 0.15) is 48.2 Å². The minimum atomic E-state index is -0.456. The van der Waals surface area contributed by atoms with Gasteiger partial charge >= 0.3 is 0 Å². The van der Waals surface area contributed by atoms with Gasteiger partial charge in [0.15, 0.2) is 5.82 Å². The van der Waals surface area contributed by atoms with Crippen molar-refractivity contribution < 1.29 is 8.91 Å². The van der Waals surface area contributed by atoms with Gasteiger partial charge in [0, 0.05) is 29.7 Å². The van der Waals surface area contributed by atoms with Crippen molar-refractivity contribution in [3.63, 3.8) is 0 Å². The van der Waals surface area contributed by atoms with Crippen LogP contribution in [0.3, 0.4) is 0 Å². The Morgan fingerprint density at radius 3 is 2.40 bits per heavy atom. The van der Waals surface area contributed by atoms with Crippen LogP contribution >= 0.6 is 0 Å². The zero-order valence-electron chi connectivity index (χ0n) is 23.8. The molecule has 0 aliphatic carbocycles. The highest BCUT2D eigenvalue weighted by atomic mass is 19.1. The Kier molecular flexibility index (Phi) is 7.94. The molecule has 0 saturated carbocycles. The molecule has 1 N–H and O–H groups in total. The van der Waals surface area contributed by atoms with E-state index in [0.717, 1.165) is 40.9 Å². The molecule has 6 aromatic rings. The molecule has 0 bridgehead atoms. The van der Waals surface area contributed by atoms with E-state index in [1.807, 2.05) is 55.5 Å². The molecule has 0 aliphatic heterocycles. The van der Waals surface area contributed by atoms with Crippen LogP contribution in [0.25, 0.3) is 34.0 Å². The van der Waals surface area contributed by atoms with Crippen molar-refractivity contribution in [3.8, 4) is 34.0 Å². The third kappa shape index (κ3) is 5.87. The van der Waals surface area contributed by atoms with Crippen LogP contribution in [-0.4, -0.2) is 40.3 Å². The summed E-state index contributed by atoms with van der Waals surface area (Å²) in [6.45, 7) is 4.29. The van der Waals surface area contributed by atoms with Crippen LogP contribution in [0, 0.1) is 12.7 Å². The van der Waals surface area contributed by atoms with Crippen molar-refractivity contribution in [1.29, 1.82) is 0 Å². The summed E-state index contributed by atoms with van der Waals surface area (Å²) in [6, 6.07) is 22.1. The number of tetrazole rings is 1. The number of H-pyrrole nitrogens is 1. The molecule has 43 heavy (non-hydrogen) atoms. The molecule has 0 saturated heterocycles. The van der Waals surface area contributed by atoms with Crippen LogP contribution in [0.5, 0.6) is 0 Å². The van der Waals surface area contributed by atoms with E-state index in [1.165, 1.54) is 6.07 Å². The first-order chi connectivity index (χ1) is 21.0. The average molecular weight is 577 g/mol. The maximum absolute atomic E-state index is 14.3. The largest absolute Gasteiger partial charge is 0.334 e. The molecule has 0 radical (unpaired) electrons. The van der Waals surface area contributed by atoms with Gasteiger partial charge in [-0.3, -0.25) is 9.36 Å². The molecule has 3 heterocycles. The van der Waals surface area contributed by atoms with Gasteiger partial charge in [-0.2, -0.15) is 10.2 Å². The van der Waals surface area contributed by atoms with Crippen molar-refractivity contribution in [2.75, 3.05) is 0 Å². The summed E-state index contributed by atoms with van der Waals surface area (Å²) in [5.74, 6) is 1.16. The van der Waals surface area contributed by atoms with E-state index in [0.29, 0.717) is 30.0 Å². The summed E-state index contributed by atoms with van der Waals surface area (Å²) < 4.78 is 21.3. The SMILES string of the molecule is CCCCc1nc(C)c(Cc2noc(-c3ccccc3F)n2)c(=O)n1Cc1ccc(-c2ccccc2-c2nn[nH]n2)cc1. The van der Waals surface area contributed by atoms with Gasteiger partial charge in [0.1, 0.15) is 11.6 Å². The number of aromatic amines is 1. The number of hydrogen-bond acceptors (Lipinski definition) is 8. The zero-order valence-corrected chi connectivity index (χ0v) is 23.8. The van der Waals surface area contributed by atoms with Gasteiger partial charge in [0.2, 0.25) is 5.82 Å². The van der Waals surface area contributed by atoms with Crippen molar-refractivity contribution in [2.45, 2.75) is 46.1 Å². The molecule has 0 atom stereocenters. The Labute approximate surface area is 246 Å². The molecule has 3 aromatic heterocycles. The van der Waals surface area contributed by atoms with Gasteiger partial charge in [-0.05, 0) is 47.4 Å². The molecule has 6 rings (SSSR count). The minimum Gasteiger partial charge on any atom is -0.334 e. The van der Waals surface area contributed by atoms with E-state index < -0.39 is 5.82 Å². The lowest BCUT2D eigenvalue weighted by Crippen LogP contribution is -2.30. The van der Waals surface area contributed by atoms with Gasteiger partial charge in [0.25, 0.3) is 11.4 Å². The lowest BCUT2D eigenvalue weighted by molar-refractivity contribution is 0.421. The summed E-state index contributed by atoms with van der Waals surface area (Å²) in [4.78, 5) is 23.1. The van der Waals surface area contributed by atoms with Crippen LogP contribution in [0.4, 0.5) is 4.39 Å². The number of aryl methyl sites for hydroxylation is 2. The molecule has 0 unspecified atom stereocenters. The van der Waals surface area contributed by atoms with E-state index in [2.05, 4.69) is 37.7 Å². The number of unbranched alkanes of at least 4 members (excludes halogenated alkanes) is 1. The molecular formula is C32H29FN8O2. The minimum absolute atomic E-state index is 0.0691. The number of nitrogens with one attached hydrogen (secondary N) is 1. The second kappa shape index (κ2) is 12.3. The van der Waals surface area contributed by atoms with Gasteiger partial charge in [0.05, 0.1) is 12.1 Å². The first kappa shape index (κ1) is 27.8. The number of halogens is 1. The first-order valence-electron chi connectivity index (χ1n) is 14.1. The van der Waals surface area contributed by atoms with Gasteiger partial charge in [-0.15, -0.1) is 10.2 Å². The maximum Gasteiger partial charge on any atom is 0.260 e. The molecular weight excluding hydrogens is 547 g/mol. The average Bonchev–Trinajstić information content (AvgIpc) is 3.74. The quantitative estimate of drug-likeness (QED) is 0.224. The van der Waals surface area contributed by atoms with E-state index >= 15 is 0 Å². The molecule has 0 amide bonds. The molecule has 0 spiro atoms. The Balaban J connectivity index is 1.30. The third-order valence-corrected chi connectivity index (χ3v) is 7.33. The summed E-state index contributed by atoms with van der Waals surface area (Å²) >= 11 is 0. The topological polar surface area (TPSA) is 128 Å². The maximum atomic E-state index is 14.3. The zero-order chi connectivity index (χ0) is 29.8. The van der Waals surface area contributed by atoms with E-state index in [-0.39, 0.29) is 29.3 Å². The van der Waals surface area contributed by atoms with Crippen LogP contribution < -0.4 is 5.56 Å². The van der Waals surface area contributed by atoms with Crippen LogP contribution in [0.15, 0.2) is 82.1 Å². The second-order valence-corrected chi connectivity index (χ2v) is 10.2. The fraction of sp³-hybridized carbons (Fsp3) is 0.219. The number of aromatic nitrogens is 8. The monoisotopic (exact) mass is 576 g/mol. The summed E-state index contributed by atoms with van der Waals surface area (Å²) in [5, 5.41) is 18.5. The van der Waals surface area contributed by atoms with Crippen molar-refractivity contribution in [2.24, 2.45) is 0 Å². The number of hydrogen-bond donors (Lipinski definition) is 1. The number of nitrogens with zero attached hydrogens (tertiary/aromatic N) is 7. The normalized spacial score (nSPS) is 11.2. The highest BCUT2D eigenvalue weighted by molar-refractivity contribution is 5.80. The Morgan fingerprint density at radius 2 is 1.67 bits per heavy atom. The number of rotatable bonds is 10. The first-order valence-corrected chi connectivity index (χ1v) is 14.1. The van der Waals surface area contributed by atoms with Crippen molar-refractivity contribution in [1.82, 2.24) is 40.3 Å². The smallest absolute Gasteiger partial charge is 0.260 e. The van der Waals surface area contributed by atoms with E-state index in [1.54, 1.807) is 22.8 Å². The standard InChI is InChI=1S/C32H29FN8O2/c1-3-4-13-29-34-20(2)26(18-28-35-31(43-38-28)25-11-7-8-12-27(25)33)32(42)41(29)19-21-14-16-22(17-15-21)23-9-5-6-10-24(23)30-36-39-40-37-30/h5-12,14-17H,3-4,13,18-19H2,1-2H3,(H,36,37,39,40). The lowest BCUT2D eigenvalue weighted by Gasteiger charge is -2.16. The number of benzene rings is 3. The third-order valence-electron chi connectivity index (χ3n) is 7.33. The second-order valence-electron chi connectivity index (χ2n) is 10.2. The van der Waals surface area contributed by atoms with E-state index in [9.17, 15) is 9.18 Å². The Bertz CT molecular complexity index is 1910. The predicted molar refractivity (Wildman–Crippen MR) is 158 cm³/mol. The summed E-state index contributed by atoms with van der Waals surface area (Å²) in [5.41, 5.74) is 4.96. The lowest BCUT2D eigenvalue weighted by atomic mass is 9.98. The fourth-order valence-corrected chi connectivity index (χ4v) is 5.05. The summed E-state index contributed by atoms with van der Waals surface area (Å²) in [7, 11) is 0. The molecule has 11 heteroatoms. The van der Waals surface area contributed by atoms with Gasteiger partial charge < -0.3 is 4.52 Å². The Morgan fingerprint density at radius 1 is 0.930 bits per heavy atom. The predicted octanol–water partition coefficient (Wildman–Crippen LogP) is 5.57. The van der Waals surface area contributed by atoms with Gasteiger partial charge in [-0.1, -0.05) is 79.2 Å². The van der Waals surface area contributed by atoms with Crippen molar-refractivity contribution in [3.05, 3.63) is 117 Å². The Hall–Kier alpha value is -5.32. The molecule has 216 valence electrons. The molecule has 0 aliphatic rings. The van der Waals surface area contributed by atoms with Crippen LogP contribution in [-0.2, 0) is 19.4 Å². The van der Waals surface area contributed by atoms with Gasteiger partial charge in [-0.25, -0.2) is 9.37 Å². The fourth-order valence-electron chi connectivity index (χ4n) is 5.05. The highest BCUT2D eigenvalue weighted by Gasteiger charge is 2.19. The molecule has 0 fully saturated rings. The van der Waals surface area contributed by atoms with E-state index in [4.69, 9.17) is 9.51 Å². The van der Waals surface area contributed by atoms with Crippen molar-refractivity contribution >= 4 is 0 Å². The van der Waals surface area contributed by atoms with Crippen LogP contribution in [0.2, 0.25) is 0 Å². The molecule has 3 aromatic carbocycles. The molecule has 10 nitrogen and oxygen atoms in total. The highest BCUT2D eigenvalue weighted by Crippen LogP contribution is 2.30. The summed E-state index contributed by atoms with van der Waals surface area (Å²) in [6.07, 6.45) is 2.69.